The predicted octanol–water partition coefficient (Wildman–Crippen LogP) is 7.49. The number of halogens is 3. The molecule has 0 radical (unpaired) electrons. The summed E-state index contributed by atoms with van der Waals surface area (Å²) in [5.74, 6) is 1.47. The standard InChI is InChI=1S/C24H24Cl2FNS/c25-18-3-1-15(11-19(18)26)14-29-28-10-5-16-12-23(6-7-23)24(8-9-24)22-20(27)4-2-17(13-28)21(16)22/h1-4,11,16H,5-10,12-14H2. The van der Waals surface area contributed by atoms with E-state index in [9.17, 15) is 0 Å². The first-order valence-electron chi connectivity index (χ1n) is 10.6. The Morgan fingerprint density at radius 1 is 1.07 bits per heavy atom. The monoisotopic (exact) mass is 447 g/mol. The van der Waals surface area contributed by atoms with Gasteiger partial charge < -0.3 is 0 Å². The third-order valence-electron chi connectivity index (χ3n) is 7.90. The molecular formula is C24H24Cl2FNS. The van der Waals surface area contributed by atoms with Crippen molar-refractivity contribution in [3.63, 3.8) is 0 Å². The van der Waals surface area contributed by atoms with Gasteiger partial charge in [-0.2, -0.15) is 0 Å². The summed E-state index contributed by atoms with van der Waals surface area (Å²) in [6.07, 6.45) is 7.42. The van der Waals surface area contributed by atoms with Gasteiger partial charge in [0.2, 0.25) is 0 Å². The molecular weight excluding hydrogens is 424 g/mol. The fourth-order valence-electron chi connectivity index (χ4n) is 6.22. The summed E-state index contributed by atoms with van der Waals surface area (Å²) in [6, 6.07) is 9.68. The van der Waals surface area contributed by atoms with E-state index in [0.717, 1.165) is 30.8 Å². The lowest BCUT2D eigenvalue weighted by Crippen LogP contribution is -2.33. The molecule has 29 heavy (non-hydrogen) atoms. The van der Waals surface area contributed by atoms with E-state index in [1.165, 1.54) is 48.8 Å². The molecule has 2 spiro atoms. The van der Waals surface area contributed by atoms with Crippen molar-refractivity contribution in [1.82, 2.24) is 4.31 Å². The summed E-state index contributed by atoms with van der Waals surface area (Å²) in [4.78, 5) is 0. The summed E-state index contributed by atoms with van der Waals surface area (Å²) < 4.78 is 17.6. The molecule has 1 aliphatic heterocycles. The zero-order chi connectivity index (χ0) is 19.8. The highest BCUT2D eigenvalue weighted by Crippen LogP contribution is 2.77. The van der Waals surface area contributed by atoms with Crippen LogP contribution in [0.2, 0.25) is 10.0 Å². The number of fused-ring (bicyclic) bond motifs is 2. The van der Waals surface area contributed by atoms with Gasteiger partial charge in [0.25, 0.3) is 0 Å². The Balaban J connectivity index is 1.29. The minimum atomic E-state index is 0.0640. The molecule has 0 saturated heterocycles. The van der Waals surface area contributed by atoms with Crippen LogP contribution in [-0.2, 0) is 17.7 Å². The Bertz CT molecular complexity index is 999. The van der Waals surface area contributed by atoms with Gasteiger partial charge in [0.05, 0.1) is 10.0 Å². The van der Waals surface area contributed by atoms with E-state index in [0.29, 0.717) is 21.4 Å². The molecule has 1 atom stereocenters. The second-order valence-corrected chi connectivity index (χ2v) is 11.3. The first-order chi connectivity index (χ1) is 14.0. The molecule has 2 fully saturated rings. The highest BCUT2D eigenvalue weighted by Gasteiger charge is 2.69. The summed E-state index contributed by atoms with van der Waals surface area (Å²) in [7, 11) is 0. The Hall–Kier alpha value is -0.740. The molecule has 1 heterocycles. The van der Waals surface area contributed by atoms with Gasteiger partial charge in [-0.3, -0.25) is 0 Å². The summed E-state index contributed by atoms with van der Waals surface area (Å²) in [5.41, 5.74) is 5.65. The van der Waals surface area contributed by atoms with Crippen LogP contribution in [0.5, 0.6) is 0 Å². The minimum Gasteiger partial charge on any atom is -0.246 e. The second-order valence-electron chi connectivity index (χ2n) is 9.43. The van der Waals surface area contributed by atoms with Crippen molar-refractivity contribution in [3.05, 3.63) is 68.4 Å². The fourth-order valence-corrected chi connectivity index (χ4v) is 7.52. The van der Waals surface area contributed by atoms with Crippen LogP contribution in [0.1, 0.15) is 66.7 Å². The Morgan fingerprint density at radius 2 is 1.90 bits per heavy atom. The Labute approximate surface area is 186 Å². The molecule has 6 rings (SSSR count). The van der Waals surface area contributed by atoms with Crippen LogP contribution >= 0.6 is 35.1 Å². The molecule has 5 heteroatoms. The molecule has 3 aliphatic carbocycles. The minimum absolute atomic E-state index is 0.0640. The lowest BCUT2D eigenvalue weighted by Gasteiger charge is -2.40. The van der Waals surface area contributed by atoms with Crippen LogP contribution in [0.3, 0.4) is 0 Å². The van der Waals surface area contributed by atoms with Crippen molar-refractivity contribution in [2.75, 3.05) is 6.54 Å². The van der Waals surface area contributed by atoms with E-state index >= 15 is 4.39 Å². The van der Waals surface area contributed by atoms with Gasteiger partial charge >= 0.3 is 0 Å². The normalized spacial score (nSPS) is 25.7. The van der Waals surface area contributed by atoms with Crippen LogP contribution in [-0.4, -0.2) is 10.8 Å². The third-order valence-corrected chi connectivity index (χ3v) is 9.78. The van der Waals surface area contributed by atoms with E-state index < -0.39 is 0 Å². The third kappa shape index (κ3) is 2.91. The second kappa shape index (κ2) is 6.63. The van der Waals surface area contributed by atoms with Gasteiger partial charge in [-0.25, -0.2) is 8.70 Å². The van der Waals surface area contributed by atoms with Crippen LogP contribution in [0, 0.1) is 11.2 Å². The number of rotatable bonds is 3. The van der Waals surface area contributed by atoms with Crippen molar-refractivity contribution < 1.29 is 4.39 Å². The maximum absolute atomic E-state index is 15.1. The van der Waals surface area contributed by atoms with E-state index in [4.69, 9.17) is 23.2 Å². The molecule has 1 nitrogen and oxygen atoms in total. The Kier molecular flexibility index (Phi) is 4.34. The molecule has 4 aliphatic rings. The number of hydrogen-bond acceptors (Lipinski definition) is 2. The Morgan fingerprint density at radius 3 is 2.62 bits per heavy atom. The molecule has 0 N–H and O–H groups in total. The first kappa shape index (κ1) is 19.0. The molecule has 0 bridgehead atoms. The van der Waals surface area contributed by atoms with Gasteiger partial charge in [0, 0.05) is 24.3 Å². The average Bonchev–Trinajstić information content (AvgIpc) is 3.60. The zero-order valence-corrected chi connectivity index (χ0v) is 18.6. The van der Waals surface area contributed by atoms with Crippen LogP contribution < -0.4 is 0 Å². The van der Waals surface area contributed by atoms with E-state index in [1.54, 1.807) is 6.07 Å². The fraction of sp³-hybridized carbons (Fsp3) is 0.500. The summed E-state index contributed by atoms with van der Waals surface area (Å²) in [5, 5.41) is 1.21. The highest BCUT2D eigenvalue weighted by atomic mass is 35.5. The van der Waals surface area contributed by atoms with E-state index in [-0.39, 0.29) is 11.2 Å². The predicted molar refractivity (Wildman–Crippen MR) is 119 cm³/mol. The SMILES string of the molecule is Fc1ccc2c3c1C1(CC1)C1(CC1)CC3CCN(SCc1ccc(Cl)c(Cl)c1)C2. The van der Waals surface area contributed by atoms with Gasteiger partial charge in [-0.15, -0.1) is 0 Å². The molecule has 2 saturated carbocycles. The zero-order valence-electron chi connectivity index (χ0n) is 16.3. The number of nitrogens with zero attached hydrogens (tertiary/aromatic N) is 1. The topological polar surface area (TPSA) is 3.24 Å². The van der Waals surface area contributed by atoms with E-state index in [2.05, 4.69) is 10.4 Å². The van der Waals surface area contributed by atoms with Gasteiger partial charge in [-0.05, 0) is 90.3 Å². The van der Waals surface area contributed by atoms with Crippen LogP contribution in [0.4, 0.5) is 4.39 Å². The molecule has 0 amide bonds. The van der Waals surface area contributed by atoms with Crippen molar-refractivity contribution >= 4 is 35.1 Å². The molecule has 152 valence electrons. The van der Waals surface area contributed by atoms with Gasteiger partial charge in [0.15, 0.2) is 0 Å². The summed E-state index contributed by atoms with van der Waals surface area (Å²) in [6.45, 7) is 1.95. The van der Waals surface area contributed by atoms with Crippen molar-refractivity contribution in [2.45, 2.75) is 62.2 Å². The molecule has 0 aromatic heterocycles. The lowest BCUT2D eigenvalue weighted by molar-refractivity contribution is 0.275. The molecule has 2 aromatic carbocycles. The maximum Gasteiger partial charge on any atom is 0.127 e. The number of hydrogen-bond donors (Lipinski definition) is 0. The average molecular weight is 448 g/mol. The van der Waals surface area contributed by atoms with Crippen LogP contribution in [0.25, 0.3) is 0 Å². The van der Waals surface area contributed by atoms with Crippen molar-refractivity contribution in [2.24, 2.45) is 5.41 Å². The van der Waals surface area contributed by atoms with Gasteiger partial charge in [-0.1, -0.05) is 47.3 Å². The van der Waals surface area contributed by atoms with Crippen LogP contribution in [0.15, 0.2) is 30.3 Å². The van der Waals surface area contributed by atoms with E-state index in [1.807, 2.05) is 30.1 Å². The quantitative estimate of drug-likeness (QED) is 0.448. The number of benzene rings is 2. The summed E-state index contributed by atoms with van der Waals surface area (Å²) >= 11 is 14.1. The van der Waals surface area contributed by atoms with Crippen molar-refractivity contribution in [1.29, 1.82) is 0 Å². The first-order valence-corrected chi connectivity index (χ1v) is 12.3. The van der Waals surface area contributed by atoms with Gasteiger partial charge in [0.1, 0.15) is 5.82 Å². The molecule has 2 aromatic rings. The smallest absolute Gasteiger partial charge is 0.127 e. The maximum atomic E-state index is 15.1. The van der Waals surface area contributed by atoms with Crippen molar-refractivity contribution in [3.8, 4) is 0 Å². The largest absolute Gasteiger partial charge is 0.246 e. The molecule has 1 unspecified atom stereocenters. The highest BCUT2D eigenvalue weighted by molar-refractivity contribution is 7.96. The lowest BCUT2D eigenvalue weighted by atomic mass is 9.64.